The third-order valence-electron chi connectivity index (χ3n) is 15.1. The van der Waals surface area contributed by atoms with Crippen molar-refractivity contribution in [2.45, 2.75) is 79.2 Å². The van der Waals surface area contributed by atoms with Crippen LogP contribution in [0.15, 0.2) is 306 Å². The lowest BCUT2D eigenvalue weighted by Crippen LogP contribution is -2.18. The van der Waals surface area contributed by atoms with E-state index in [1.54, 1.807) is 196 Å². The highest BCUT2D eigenvalue weighted by Crippen LogP contribution is 2.36. The molecule has 0 spiro atoms. The van der Waals surface area contributed by atoms with Crippen LogP contribution in [0.3, 0.4) is 0 Å². The number of rotatable bonds is 19. The summed E-state index contributed by atoms with van der Waals surface area (Å²) in [6, 6.07) is 74.7. The highest BCUT2D eigenvalue weighted by Gasteiger charge is 2.25. The van der Waals surface area contributed by atoms with Crippen LogP contribution in [0.4, 0.5) is 0 Å². The summed E-state index contributed by atoms with van der Waals surface area (Å²) >= 11 is 0. The van der Waals surface area contributed by atoms with Gasteiger partial charge in [0, 0.05) is 5.41 Å². The van der Waals surface area contributed by atoms with Gasteiger partial charge in [-0.25, -0.2) is 33.7 Å². The predicted molar refractivity (Wildman–Crippen MR) is 359 cm³/mol. The normalized spacial score (nSPS) is 11.6. The monoisotopic (exact) mass is 1320 g/mol. The molecule has 0 aliphatic heterocycles. The Morgan fingerprint density at radius 1 is 0.215 bits per heavy atom. The van der Waals surface area contributed by atoms with Crippen molar-refractivity contribution in [3.05, 3.63) is 295 Å². The van der Waals surface area contributed by atoms with Gasteiger partial charge in [0.05, 0.1) is 60.5 Å². The number of ether oxygens (including phenoxy) is 6. The van der Waals surface area contributed by atoms with E-state index in [0.717, 1.165) is 33.8 Å². The van der Waals surface area contributed by atoms with Crippen LogP contribution in [0.1, 0.15) is 41.7 Å². The van der Waals surface area contributed by atoms with Crippen LogP contribution in [0.2, 0.25) is 0 Å². The molecule has 93 heavy (non-hydrogen) atoms. The van der Waals surface area contributed by atoms with Gasteiger partial charge >= 0.3 is 0 Å². The fourth-order valence-corrected chi connectivity index (χ4v) is 14.4. The minimum absolute atomic E-state index is 0.129. The number of methoxy groups -OCH3 is 3. The first-order valence-corrected chi connectivity index (χ1v) is 35.0. The minimum Gasteiger partial charge on any atom is -0.497 e. The van der Waals surface area contributed by atoms with E-state index in [1.807, 2.05) is 45.0 Å². The summed E-state index contributed by atoms with van der Waals surface area (Å²) in [5.74, 6) is 5.46. The molecule has 18 heteroatoms. The Bertz CT molecular complexity index is 4760. The standard InChI is InChI=1S/C29H28O4S.C26H22O6S2.C20H18O4S/c1-21-5-17-27(18-6-21)34(30,31)28-19-15-26(16-20-28)33-25-13-9-23(10-14-25)29(2,3)22-7-11-24(32-4)12-8-22;1-19-3-11-23(12-4-19)33(27,28)25-15-7-21(8-16-25)32-22-9-17-26(18-10-22)34(29,30)24-13-5-20(31-2)6-14-24;1-15-3-11-19(12-4-15)25(21,22)20-13-9-18(10-14-20)24-17-7-5-16(23-2)6-8-17/h5-20H,1-4H3;3-18H,1-2H3;3-14H,1-2H3. The Kier molecular flexibility index (Phi) is 21.1. The van der Waals surface area contributed by atoms with Crippen molar-refractivity contribution in [3.8, 4) is 51.7 Å². The molecule has 0 fully saturated rings. The Labute approximate surface area is 544 Å². The second-order valence-corrected chi connectivity index (χ2v) is 29.7. The molecule has 0 saturated carbocycles. The average Bonchev–Trinajstić information content (AvgIpc) is 1.35. The first-order valence-electron chi connectivity index (χ1n) is 29.1. The molecule has 0 N–H and O–H groups in total. The lowest BCUT2D eigenvalue weighted by atomic mass is 9.78. The van der Waals surface area contributed by atoms with E-state index in [2.05, 4.69) is 38.1 Å². The Hall–Kier alpha value is -9.98. The number of hydrogen-bond acceptors (Lipinski definition) is 14. The van der Waals surface area contributed by atoms with Crippen molar-refractivity contribution in [2.24, 2.45) is 0 Å². The molecule has 11 rings (SSSR count). The lowest BCUT2D eigenvalue weighted by Gasteiger charge is -2.26. The van der Waals surface area contributed by atoms with Crippen LogP contribution in [0, 0.1) is 20.8 Å². The molecular weight excluding hydrogens is 1250 g/mol. The molecule has 0 unspecified atom stereocenters. The maximum atomic E-state index is 12.9. The number of hydrogen-bond donors (Lipinski definition) is 0. The van der Waals surface area contributed by atoms with Gasteiger partial charge in [0.1, 0.15) is 51.7 Å². The first kappa shape index (κ1) is 67.4. The molecule has 0 aliphatic carbocycles. The summed E-state index contributed by atoms with van der Waals surface area (Å²) in [5.41, 5.74) is 5.17. The second kappa shape index (κ2) is 29.1. The summed E-state index contributed by atoms with van der Waals surface area (Å²) in [6.07, 6.45) is 0. The molecule has 476 valence electrons. The smallest absolute Gasteiger partial charge is 0.206 e. The van der Waals surface area contributed by atoms with Crippen molar-refractivity contribution in [2.75, 3.05) is 21.3 Å². The fourth-order valence-electron chi connectivity index (χ4n) is 9.36. The van der Waals surface area contributed by atoms with Crippen LogP contribution in [0.5, 0.6) is 51.7 Å². The van der Waals surface area contributed by atoms with E-state index >= 15 is 0 Å². The Balaban J connectivity index is 0.000000167. The van der Waals surface area contributed by atoms with Crippen molar-refractivity contribution >= 4 is 39.3 Å². The summed E-state index contributed by atoms with van der Waals surface area (Å²) in [6.45, 7) is 10.1. The molecule has 0 bridgehead atoms. The maximum absolute atomic E-state index is 12.9. The molecule has 0 aliphatic rings. The summed E-state index contributed by atoms with van der Waals surface area (Å²) in [7, 11) is -9.62. The van der Waals surface area contributed by atoms with Crippen molar-refractivity contribution in [3.63, 3.8) is 0 Å². The van der Waals surface area contributed by atoms with Crippen LogP contribution < -0.4 is 28.4 Å². The number of aryl methyl sites for hydroxylation is 3. The van der Waals surface area contributed by atoms with Gasteiger partial charge in [-0.3, -0.25) is 0 Å². The molecule has 11 aromatic rings. The molecule has 14 nitrogen and oxygen atoms in total. The van der Waals surface area contributed by atoms with E-state index in [4.69, 9.17) is 28.4 Å². The van der Waals surface area contributed by atoms with Gasteiger partial charge in [0.25, 0.3) is 0 Å². The van der Waals surface area contributed by atoms with Crippen molar-refractivity contribution < 1.29 is 62.1 Å². The molecule has 0 atom stereocenters. The largest absolute Gasteiger partial charge is 0.497 e. The molecule has 0 radical (unpaired) electrons. The van der Waals surface area contributed by atoms with E-state index in [-0.39, 0.29) is 44.6 Å². The number of benzene rings is 11. The van der Waals surface area contributed by atoms with Gasteiger partial charge in [0.2, 0.25) is 39.3 Å². The maximum Gasteiger partial charge on any atom is 0.206 e. The van der Waals surface area contributed by atoms with E-state index in [0.29, 0.717) is 40.2 Å². The predicted octanol–water partition coefficient (Wildman–Crippen LogP) is 17.0. The van der Waals surface area contributed by atoms with Gasteiger partial charge in [-0.2, -0.15) is 0 Å². The highest BCUT2D eigenvalue weighted by molar-refractivity contribution is 7.92. The fraction of sp³-hybridized carbons (Fsp3) is 0.120. The molecule has 11 aromatic carbocycles. The quantitative estimate of drug-likeness (QED) is 0.0742. The summed E-state index contributed by atoms with van der Waals surface area (Å²) in [4.78, 5) is 1.70. The molecular formula is C75H68O14S4. The third kappa shape index (κ3) is 16.6. The van der Waals surface area contributed by atoms with Crippen molar-refractivity contribution in [1.29, 1.82) is 0 Å². The Morgan fingerprint density at radius 2 is 0.355 bits per heavy atom. The van der Waals surface area contributed by atoms with Gasteiger partial charge in [-0.1, -0.05) is 91.2 Å². The third-order valence-corrected chi connectivity index (χ3v) is 22.2. The van der Waals surface area contributed by atoms with Gasteiger partial charge < -0.3 is 28.4 Å². The summed E-state index contributed by atoms with van der Waals surface area (Å²) in [5, 5.41) is 0. The van der Waals surface area contributed by atoms with Gasteiger partial charge in [-0.15, -0.1) is 0 Å². The SMILES string of the molecule is COc1ccc(C(C)(C)c2ccc(Oc3ccc(S(=O)(=O)c4ccc(C)cc4)cc3)cc2)cc1.COc1ccc(Oc2ccc(S(=O)(=O)c3ccc(C)cc3)cc2)cc1.COc1ccc(S(=O)(=O)c2ccc(Oc3ccc(S(=O)(=O)c4ccc(C)cc4)cc3)cc2)cc1. The van der Waals surface area contributed by atoms with Crippen LogP contribution >= 0.6 is 0 Å². The molecule has 0 heterocycles. The van der Waals surface area contributed by atoms with Crippen molar-refractivity contribution in [1.82, 2.24) is 0 Å². The Morgan fingerprint density at radius 3 is 0.548 bits per heavy atom. The molecule has 0 saturated heterocycles. The zero-order chi connectivity index (χ0) is 66.6. The lowest BCUT2D eigenvalue weighted by molar-refractivity contribution is 0.413. The zero-order valence-electron chi connectivity index (χ0n) is 52.3. The first-order chi connectivity index (χ1) is 44.4. The highest BCUT2D eigenvalue weighted by atomic mass is 32.2. The van der Waals surface area contributed by atoms with Crippen LogP contribution in [0.25, 0.3) is 0 Å². The molecule has 0 aromatic heterocycles. The summed E-state index contributed by atoms with van der Waals surface area (Å²) < 4.78 is 135. The van der Waals surface area contributed by atoms with E-state index < -0.39 is 39.3 Å². The van der Waals surface area contributed by atoms with Crippen LogP contribution in [-0.4, -0.2) is 55.0 Å². The topological polar surface area (TPSA) is 192 Å². The average molecular weight is 1320 g/mol. The minimum atomic E-state index is -3.68. The van der Waals surface area contributed by atoms with Crippen LogP contribution in [-0.2, 0) is 44.8 Å². The molecule has 0 amide bonds. The van der Waals surface area contributed by atoms with Gasteiger partial charge in [-0.05, 0) is 238 Å². The second-order valence-electron chi connectivity index (χ2n) is 21.9. The van der Waals surface area contributed by atoms with E-state index in [9.17, 15) is 33.7 Å². The number of sulfone groups is 4. The zero-order valence-corrected chi connectivity index (χ0v) is 55.5. The van der Waals surface area contributed by atoms with Gasteiger partial charge in [0.15, 0.2) is 0 Å². The van der Waals surface area contributed by atoms with E-state index in [1.165, 1.54) is 49.1 Å².